The largest absolute Gasteiger partial charge is 0.348 e. The first-order chi connectivity index (χ1) is 7.97. The summed E-state index contributed by atoms with van der Waals surface area (Å²) >= 11 is 0. The molecule has 0 unspecified atom stereocenters. The van der Waals surface area contributed by atoms with Crippen LogP contribution in [0.5, 0.6) is 0 Å². The number of ether oxygens (including phenoxy) is 2. The molecule has 94 valence electrons. The van der Waals surface area contributed by atoms with Crippen molar-refractivity contribution in [2.75, 3.05) is 20.3 Å². The second-order valence-electron chi connectivity index (χ2n) is 5.03. The van der Waals surface area contributed by atoms with E-state index in [9.17, 15) is 0 Å². The van der Waals surface area contributed by atoms with Crippen LogP contribution in [0.2, 0.25) is 0 Å². The lowest BCUT2D eigenvalue weighted by molar-refractivity contribution is -0.273. The molecule has 1 fully saturated rings. The normalized spacial score (nSPS) is 22.4. The van der Waals surface area contributed by atoms with E-state index in [2.05, 4.69) is 16.4 Å². The van der Waals surface area contributed by atoms with Crippen molar-refractivity contribution in [3.8, 4) is 0 Å². The van der Waals surface area contributed by atoms with Crippen LogP contribution in [-0.2, 0) is 15.0 Å². The van der Waals surface area contributed by atoms with Gasteiger partial charge in [0.2, 0.25) is 0 Å². The third kappa shape index (κ3) is 2.49. The molecule has 4 nitrogen and oxygen atoms in total. The van der Waals surface area contributed by atoms with Gasteiger partial charge in [-0.3, -0.25) is 4.98 Å². The van der Waals surface area contributed by atoms with Crippen molar-refractivity contribution in [3.05, 3.63) is 29.6 Å². The van der Waals surface area contributed by atoms with Crippen molar-refractivity contribution in [2.45, 2.75) is 32.1 Å². The van der Waals surface area contributed by atoms with Gasteiger partial charge in [-0.2, -0.15) is 0 Å². The maximum Gasteiger partial charge on any atom is 0.162 e. The highest BCUT2D eigenvalue weighted by Crippen LogP contribution is 2.29. The van der Waals surface area contributed by atoms with Gasteiger partial charge in [-0.15, -0.1) is 0 Å². The van der Waals surface area contributed by atoms with Gasteiger partial charge >= 0.3 is 0 Å². The van der Waals surface area contributed by atoms with Crippen molar-refractivity contribution in [3.63, 3.8) is 0 Å². The SMILES string of the molecule is CNC1(c2ccc(C)cn2)COC(C)(C)OC1. The Kier molecular flexibility index (Phi) is 3.21. The summed E-state index contributed by atoms with van der Waals surface area (Å²) in [6.07, 6.45) is 1.87. The van der Waals surface area contributed by atoms with Gasteiger partial charge in [0.05, 0.1) is 18.9 Å². The predicted octanol–water partition coefficient (Wildman–Crippen LogP) is 1.59. The molecule has 0 amide bonds. The lowest BCUT2D eigenvalue weighted by Gasteiger charge is -2.42. The summed E-state index contributed by atoms with van der Waals surface area (Å²) < 4.78 is 11.5. The minimum Gasteiger partial charge on any atom is -0.348 e. The molecule has 0 aliphatic carbocycles. The zero-order chi connectivity index (χ0) is 12.5. The van der Waals surface area contributed by atoms with E-state index in [1.54, 1.807) is 0 Å². The minimum atomic E-state index is -0.509. The van der Waals surface area contributed by atoms with Crippen molar-refractivity contribution in [2.24, 2.45) is 0 Å². The molecule has 1 saturated heterocycles. The highest BCUT2D eigenvalue weighted by Gasteiger charge is 2.41. The average molecular weight is 236 g/mol. The summed E-state index contributed by atoms with van der Waals surface area (Å²) in [5, 5.41) is 3.28. The highest BCUT2D eigenvalue weighted by atomic mass is 16.7. The summed E-state index contributed by atoms with van der Waals surface area (Å²) in [6, 6.07) is 4.08. The van der Waals surface area contributed by atoms with Crippen LogP contribution < -0.4 is 5.32 Å². The maximum atomic E-state index is 5.73. The van der Waals surface area contributed by atoms with E-state index in [4.69, 9.17) is 9.47 Å². The molecule has 1 aliphatic rings. The summed E-state index contributed by atoms with van der Waals surface area (Å²) in [5.41, 5.74) is 1.77. The van der Waals surface area contributed by atoms with E-state index in [1.807, 2.05) is 40.1 Å². The van der Waals surface area contributed by atoms with Crippen LogP contribution in [0.4, 0.5) is 0 Å². The second kappa shape index (κ2) is 4.37. The third-order valence-electron chi connectivity index (χ3n) is 3.21. The first-order valence-corrected chi connectivity index (χ1v) is 5.87. The van der Waals surface area contributed by atoms with Gasteiger partial charge in [0.1, 0.15) is 5.54 Å². The molecule has 1 N–H and O–H groups in total. The number of pyridine rings is 1. The monoisotopic (exact) mass is 236 g/mol. The van der Waals surface area contributed by atoms with Gasteiger partial charge < -0.3 is 14.8 Å². The van der Waals surface area contributed by atoms with Gasteiger partial charge in [-0.25, -0.2) is 0 Å². The van der Waals surface area contributed by atoms with E-state index >= 15 is 0 Å². The van der Waals surface area contributed by atoms with Crippen LogP contribution in [0.15, 0.2) is 18.3 Å². The average Bonchev–Trinajstić information content (AvgIpc) is 2.31. The van der Waals surface area contributed by atoms with Crippen molar-refractivity contribution >= 4 is 0 Å². The number of likely N-dealkylation sites (N-methyl/N-ethyl adjacent to an activating group) is 1. The van der Waals surface area contributed by atoms with Crippen LogP contribution in [0, 0.1) is 6.92 Å². The second-order valence-corrected chi connectivity index (χ2v) is 5.03. The quantitative estimate of drug-likeness (QED) is 0.847. The molecule has 1 aliphatic heterocycles. The summed E-state index contributed by atoms with van der Waals surface area (Å²) in [5.74, 6) is -0.509. The van der Waals surface area contributed by atoms with Crippen LogP contribution in [-0.4, -0.2) is 31.0 Å². The lowest BCUT2D eigenvalue weighted by Crippen LogP contribution is -2.56. The number of nitrogens with one attached hydrogen (secondary N) is 1. The number of aryl methyl sites for hydroxylation is 1. The Morgan fingerprint density at radius 2 is 1.88 bits per heavy atom. The Morgan fingerprint density at radius 3 is 2.35 bits per heavy atom. The number of aromatic nitrogens is 1. The molecule has 2 rings (SSSR count). The first kappa shape index (κ1) is 12.5. The van der Waals surface area contributed by atoms with Gasteiger partial charge in [0.15, 0.2) is 5.79 Å². The van der Waals surface area contributed by atoms with Gasteiger partial charge in [0, 0.05) is 6.20 Å². The van der Waals surface area contributed by atoms with Crippen LogP contribution >= 0.6 is 0 Å². The topological polar surface area (TPSA) is 43.4 Å². The summed E-state index contributed by atoms with van der Waals surface area (Å²) in [4.78, 5) is 4.47. The van der Waals surface area contributed by atoms with E-state index in [0.717, 1.165) is 11.3 Å². The summed E-state index contributed by atoms with van der Waals surface area (Å²) in [7, 11) is 1.91. The van der Waals surface area contributed by atoms with Crippen molar-refractivity contribution in [1.29, 1.82) is 0 Å². The first-order valence-electron chi connectivity index (χ1n) is 5.87. The zero-order valence-corrected chi connectivity index (χ0v) is 10.9. The van der Waals surface area contributed by atoms with E-state index < -0.39 is 5.79 Å². The van der Waals surface area contributed by atoms with E-state index in [-0.39, 0.29) is 5.54 Å². The number of hydrogen-bond donors (Lipinski definition) is 1. The fourth-order valence-corrected chi connectivity index (χ4v) is 1.85. The molecule has 0 atom stereocenters. The molecule has 17 heavy (non-hydrogen) atoms. The molecule has 0 saturated carbocycles. The number of nitrogens with zero attached hydrogens (tertiary/aromatic N) is 1. The molecule has 2 heterocycles. The van der Waals surface area contributed by atoms with Crippen molar-refractivity contribution in [1.82, 2.24) is 10.3 Å². The number of rotatable bonds is 2. The Hall–Kier alpha value is -0.970. The minimum absolute atomic E-state index is 0.344. The van der Waals surface area contributed by atoms with Crippen LogP contribution in [0.3, 0.4) is 0 Å². The molecule has 0 spiro atoms. The van der Waals surface area contributed by atoms with Crippen molar-refractivity contribution < 1.29 is 9.47 Å². The summed E-state index contributed by atoms with van der Waals surface area (Å²) in [6.45, 7) is 7.00. The standard InChI is InChI=1S/C13H20N2O2/c1-10-5-6-11(15-7-10)13(14-4)8-16-12(2,3)17-9-13/h5-7,14H,8-9H2,1-4H3. The highest BCUT2D eigenvalue weighted by molar-refractivity contribution is 5.20. The van der Waals surface area contributed by atoms with Gasteiger partial charge in [-0.1, -0.05) is 6.07 Å². The fourth-order valence-electron chi connectivity index (χ4n) is 1.85. The smallest absolute Gasteiger partial charge is 0.162 e. The Morgan fingerprint density at radius 1 is 1.24 bits per heavy atom. The van der Waals surface area contributed by atoms with Crippen LogP contribution in [0.25, 0.3) is 0 Å². The van der Waals surface area contributed by atoms with E-state index in [1.165, 1.54) is 0 Å². The van der Waals surface area contributed by atoms with E-state index in [0.29, 0.717) is 13.2 Å². The predicted molar refractivity (Wildman–Crippen MR) is 65.7 cm³/mol. The van der Waals surface area contributed by atoms with Gasteiger partial charge in [-0.05, 0) is 39.4 Å². The molecule has 0 aromatic carbocycles. The molecule has 1 aromatic rings. The Balaban J connectivity index is 2.24. The Labute approximate surface area is 102 Å². The van der Waals surface area contributed by atoms with Crippen LogP contribution in [0.1, 0.15) is 25.1 Å². The Bertz CT molecular complexity index is 377. The molecule has 0 bridgehead atoms. The zero-order valence-electron chi connectivity index (χ0n) is 10.9. The third-order valence-corrected chi connectivity index (χ3v) is 3.21. The lowest BCUT2D eigenvalue weighted by atomic mass is 9.95. The number of hydrogen-bond acceptors (Lipinski definition) is 4. The fraction of sp³-hybridized carbons (Fsp3) is 0.615. The molecule has 4 heteroatoms. The van der Waals surface area contributed by atoms with Gasteiger partial charge in [0.25, 0.3) is 0 Å². The molecule has 1 aromatic heterocycles. The maximum absolute atomic E-state index is 5.73. The molecular weight excluding hydrogens is 216 g/mol. The molecular formula is C13H20N2O2. The molecule has 0 radical (unpaired) electrons.